The maximum atomic E-state index is 13.6. The second-order valence-corrected chi connectivity index (χ2v) is 3.85. The van der Waals surface area contributed by atoms with Crippen molar-refractivity contribution >= 4 is 11.6 Å². The Kier molecular flexibility index (Phi) is 3.85. The highest BCUT2D eigenvalue weighted by Gasteiger charge is 2.21. The summed E-state index contributed by atoms with van der Waals surface area (Å²) < 4.78 is 26.6. The summed E-state index contributed by atoms with van der Waals surface area (Å²) in [6.45, 7) is 2.12. The van der Waals surface area contributed by atoms with E-state index in [1.807, 2.05) is 6.07 Å². The van der Waals surface area contributed by atoms with Crippen LogP contribution in [-0.2, 0) is 0 Å². The van der Waals surface area contributed by atoms with E-state index >= 15 is 0 Å². The number of rotatable bonds is 3. The van der Waals surface area contributed by atoms with Gasteiger partial charge >= 0.3 is 0 Å². The molecule has 98 valence electrons. The van der Waals surface area contributed by atoms with Crippen molar-refractivity contribution in [1.29, 1.82) is 0 Å². The zero-order valence-electron chi connectivity index (χ0n) is 10.3. The molecule has 0 fully saturated rings. The van der Waals surface area contributed by atoms with Gasteiger partial charge in [0.1, 0.15) is 0 Å². The van der Waals surface area contributed by atoms with Crippen molar-refractivity contribution in [3.05, 3.63) is 59.9 Å². The van der Waals surface area contributed by atoms with Gasteiger partial charge in [-0.1, -0.05) is 18.2 Å². The van der Waals surface area contributed by atoms with Crippen LogP contribution in [0.25, 0.3) is 0 Å². The van der Waals surface area contributed by atoms with Crippen LogP contribution in [0.5, 0.6) is 0 Å². The van der Waals surface area contributed by atoms with Crippen LogP contribution in [0.4, 0.5) is 14.5 Å². The minimum atomic E-state index is -1.27. The van der Waals surface area contributed by atoms with Crippen molar-refractivity contribution in [2.75, 3.05) is 11.4 Å². The summed E-state index contributed by atoms with van der Waals surface area (Å²) in [7, 11) is 0. The van der Waals surface area contributed by atoms with Crippen molar-refractivity contribution < 1.29 is 13.6 Å². The van der Waals surface area contributed by atoms with E-state index in [1.54, 1.807) is 31.2 Å². The van der Waals surface area contributed by atoms with Gasteiger partial charge < -0.3 is 4.90 Å². The summed E-state index contributed by atoms with van der Waals surface area (Å²) in [6, 6.07) is 10.00. The molecule has 0 saturated carbocycles. The number of hydrogen-bond acceptors (Lipinski definition) is 2. The molecule has 19 heavy (non-hydrogen) atoms. The zero-order chi connectivity index (χ0) is 13.8. The Morgan fingerprint density at radius 2 is 1.89 bits per heavy atom. The van der Waals surface area contributed by atoms with Gasteiger partial charge in [-0.05, 0) is 25.1 Å². The Labute approximate surface area is 109 Å². The monoisotopic (exact) mass is 262 g/mol. The average Bonchev–Trinajstić information content (AvgIpc) is 2.44. The number of halogens is 2. The smallest absolute Gasteiger partial charge is 0.261 e. The lowest BCUT2D eigenvalue weighted by Crippen LogP contribution is -2.31. The van der Waals surface area contributed by atoms with E-state index in [2.05, 4.69) is 4.98 Å². The highest BCUT2D eigenvalue weighted by atomic mass is 19.2. The number of hydrogen-bond donors (Lipinski definition) is 0. The fourth-order valence-electron chi connectivity index (χ4n) is 1.78. The molecule has 5 heteroatoms. The van der Waals surface area contributed by atoms with Gasteiger partial charge in [0.25, 0.3) is 5.91 Å². The quantitative estimate of drug-likeness (QED) is 0.796. The lowest BCUT2D eigenvalue weighted by atomic mass is 10.2. The number of carbonyl (C=O) groups is 1. The lowest BCUT2D eigenvalue weighted by Gasteiger charge is -2.21. The number of amides is 1. The molecule has 0 N–H and O–H groups in total. The predicted molar refractivity (Wildman–Crippen MR) is 67.9 cm³/mol. The molecule has 0 atom stereocenters. The van der Waals surface area contributed by atoms with E-state index in [4.69, 9.17) is 0 Å². The molecular formula is C14H12F2N2O. The third-order valence-electron chi connectivity index (χ3n) is 2.71. The lowest BCUT2D eigenvalue weighted by molar-refractivity contribution is 0.0983. The summed E-state index contributed by atoms with van der Waals surface area (Å²) >= 11 is 0. The van der Waals surface area contributed by atoms with Crippen molar-refractivity contribution in [2.45, 2.75) is 6.92 Å². The Bertz CT molecular complexity index is 587. The van der Waals surface area contributed by atoms with Crippen molar-refractivity contribution in [3.63, 3.8) is 0 Å². The van der Waals surface area contributed by atoms with Crippen LogP contribution in [0.3, 0.4) is 0 Å². The molecule has 0 saturated heterocycles. The second kappa shape index (κ2) is 5.56. The first-order chi connectivity index (χ1) is 9.15. The van der Waals surface area contributed by atoms with Crippen LogP contribution in [0.2, 0.25) is 0 Å². The summed E-state index contributed by atoms with van der Waals surface area (Å²) in [5, 5.41) is 0. The maximum absolute atomic E-state index is 13.6. The first-order valence-corrected chi connectivity index (χ1v) is 5.82. The highest BCUT2D eigenvalue weighted by molar-refractivity contribution is 6.06. The molecule has 0 spiro atoms. The van der Waals surface area contributed by atoms with Gasteiger partial charge in [-0.15, -0.1) is 0 Å². The minimum Gasteiger partial charge on any atom is -0.309 e. The van der Waals surface area contributed by atoms with Crippen molar-refractivity contribution in [3.8, 4) is 0 Å². The summed E-state index contributed by atoms with van der Waals surface area (Å²) in [5.41, 5.74) is 0.310. The number of anilines is 1. The molecule has 2 rings (SSSR count). The number of carbonyl (C=O) groups excluding carboxylic acids is 1. The van der Waals surface area contributed by atoms with E-state index < -0.39 is 17.7 Å². The fourth-order valence-corrected chi connectivity index (χ4v) is 1.78. The van der Waals surface area contributed by atoms with Crippen LogP contribution >= 0.6 is 0 Å². The van der Waals surface area contributed by atoms with Crippen molar-refractivity contribution in [2.24, 2.45) is 0 Å². The number of aromatic nitrogens is 1. The molecule has 0 aliphatic heterocycles. The van der Waals surface area contributed by atoms with Crippen LogP contribution < -0.4 is 4.90 Å². The summed E-state index contributed by atoms with van der Waals surface area (Å²) in [5.74, 6) is -3.08. The third kappa shape index (κ3) is 2.59. The standard InChI is InChI=1S/C14H12F2N2O/c1-2-18(10-6-4-3-5-7-10)14(19)11-8-9-17-13(16)12(11)15/h3-9H,2H2,1H3. The Morgan fingerprint density at radius 3 is 2.53 bits per heavy atom. The maximum Gasteiger partial charge on any atom is 0.261 e. The zero-order valence-corrected chi connectivity index (χ0v) is 10.3. The molecule has 2 aromatic rings. The average molecular weight is 262 g/mol. The van der Waals surface area contributed by atoms with Gasteiger partial charge in [-0.2, -0.15) is 4.39 Å². The van der Waals surface area contributed by atoms with Crippen LogP contribution in [0.1, 0.15) is 17.3 Å². The van der Waals surface area contributed by atoms with E-state index in [1.165, 1.54) is 11.0 Å². The van der Waals surface area contributed by atoms with E-state index in [0.29, 0.717) is 12.2 Å². The Balaban J connectivity index is 2.39. The Morgan fingerprint density at radius 1 is 1.21 bits per heavy atom. The van der Waals surface area contributed by atoms with Gasteiger partial charge in [0.05, 0.1) is 5.56 Å². The third-order valence-corrected chi connectivity index (χ3v) is 2.71. The largest absolute Gasteiger partial charge is 0.309 e. The summed E-state index contributed by atoms with van der Waals surface area (Å²) in [4.78, 5) is 16.8. The van der Waals surface area contributed by atoms with E-state index in [-0.39, 0.29) is 5.56 Å². The van der Waals surface area contributed by atoms with Gasteiger partial charge in [0.2, 0.25) is 5.95 Å². The van der Waals surface area contributed by atoms with Gasteiger partial charge in [-0.25, -0.2) is 9.37 Å². The topological polar surface area (TPSA) is 33.2 Å². The molecule has 1 heterocycles. The number of pyridine rings is 1. The minimum absolute atomic E-state index is 0.321. The Hall–Kier alpha value is -2.30. The number of para-hydroxylation sites is 1. The molecule has 3 nitrogen and oxygen atoms in total. The van der Waals surface area contributed by atoms with Gasteiger partial charge in [-0.3, -0.25) is 4.79 Å². The SMILES string of the molecule is CCN(C(=O)c1ccnc(F)c1F)c1ccccc1. The first kappa shape index (κ1) is 13.1. The fraction of sp³-hybridized carbons (Fsp3) is 0.143. The number of nitrogens with zero attached hydrogens (tertiary/aromatic N) is 2. The second-order valence-electron chi connectivity index (χ2n) is 3.85. The van der Waals surface area contributed by atoms with Gasteiger partial charge in [0, 0.05) is 18.4 Å². The molecule has 1 aromatic carbocycles. The van der Waals surface area contributed by atoms with Crippen LogP contribution in [0.15, 0.2) is 42.6 Å². The van der Waals surface area contributed by atoms with E-state index in [0.717, 1.165) is 6.20 Å². The molecule has 1 aromatic heterocycles. The summed E-state index contributed by atoms with van der Waals surface area (Å²) in [6.07, 6.45) is 1.07. The molecule has 0 bridgehead atoms. The predicted octanol–water partition coefficient (Wildman–Crippen LogP) is 3.03. The number of benzene rings is 1. The van der Waals surface area contributed by atoms with Crippen LogP contribution in [0, 0.1) is 11.8 Å². The molecular weight excluding hydrogens is 250 g/mol. The molecule has 0 aliphatic rings. The highest BCUT2D eigenvalue weighted by Crippen LogP contribution is 2.18. The normalized spacial score (nSPS) is 10.3. The molecule has 0 radical (unpaired) electrons. The molecule has 0 unspecified atom stereocenters. The molecule has 0 aliphatic carbocycles. The van der Waals surface area contributed by atoms with Crippen molar-refractivity contribution in [1.82, 2.24) is 4.98 Å². The van der Waals surface area contributed by atoms with Gasteiger partial charge in [0.15, 0.2) is 5.82 Å². The van der Waals surface area contributed by atoms with E-state index in [9.17, 15) is 13.6 Å². The van der Waals surface area contributed by atoms with Crippen LogP contribution in [-0.4, -0.2) is 17.4 Å². The first-order valence-electron chi connectivity index (χ1n) is 5.82. The molecule has 1 amide bonds.